The highest BCUT2D eigenvalue weighted by Crippen LogP contribution is 2.37. The first-order valence-electron chi connectivity index (χ1n) is 23.1. The second-order valence-electron chi connectivity index (χ2n) is 16.8. The Hall–Kier alpha value is -9.00. The number of amidine groups is 1. The van der Waals surface area contributed by atoms with E-state index in [2.05, 4.69) is 204 Å². The zero-order valence-corrected chi connectivity index (χ0v) is 39.0. The summed E-state index contributed by atoms with van der Waals surface area (Å²) in [6.45, 7) is 18.2. The third kappa shape index (κ3) is 8.41. The van der Waals surface area contributed by atoms with Gasteiger partial charge in [0.2, 0.25) is 0 Å². The van der Waals surface area contributed by atoms with Gasteiger partial charge in [-0.15, -0.1) is 0 Å². The molecule has 0 aliphatic carbocycles. The van der Waals surface area contributed by atoms with Gasteiger partial charge in [0.05, 0.1) is 34.0 Å². The molecule has 10 rings (SSSR count). The number of nitrogens with zero attached hydrogens (tertiary/aromatic N) is 6. The molecule has 9 aromatic rings. The van der Waals surface area contributed by atoms with Crippen molar-refractivity contribution >= 4 is 81.1 Å². The molecule has 332 valence electrons. The van der Waals surface area contributed by atoms with Crippen LogP contribution in [0.2, 0.25) is 0 Å². The molecular formula is C63H50N6. The zero-order valence-electron chi connectivity index (χ0n) is 39.0. The maximum Gasteiger partial charge on any atom is 0.149 e. The van der Waals surface area contributed by atoms with Crippen molar-refractivity contribution in [2.75, 3.05) is 4.90 Å². The lowest BCUT2D eigenvalue weighted by Crippen LogP contribution is -2.27. The Morgan fingerprint density at radius 1 is 0.565 bits per heavy atom. The van der Waals surface area contributed by atoms with Crippen LogP contribution in [-0.2, 0) is 0 Å². The van der Waals surface area contributed by atoms with Gasteiger partial charge >= 0.3 is 0 Å². The minimum absolute atomic E-state index is 0.747. The van der Waals surface area contributed by atoms with Crippen LogP contribution in [0.25, 0.3) is 90.8 Å². The molecule has 0 spiro atoms. The number of hydrogen-bond donors (Lipinski definition) is 0. The molecule has 0 amide bonds. The summed E-state index contributed by atoms with van der Waals surface area (Å²) >= 11 is 0. The number of para-hydroxylation sites is 2. The Kier molecular flexibility index (Phi) is 12.1. The number of rotatable bonds is 11. The van der Waals surface area contributed by atoms with Crippen LogP contribution >= 0.6 is 0 Å². The molecule has 1 aliphatic rings. The Bertz CT molecular complexity index is 3720. The summed E-state index contributed by atoms with van der Waals surface area (Å²) in [7, 11) is 0. The molecule has 0 unspecified atom stereocenters. The predicted molar refractivity (Wildman–Crippen MR) is 296 cm³/mol. The van der Waals surface area contributed by atoms with Crippen molar-refractivity contribution < 1.29 is 0 Å². The van der Waals surface area contributed by atoms with Gasteiger partial charge in [0.15, 0.2) is 0 Å². The van der Waals surface area contributed by atoms with Gasteiger partial charge in [0, 0.05) is 22.7 Å². The molecule has 0 N–H and O–H groups in total. The fourth-order valence-corrected chi connectivity index (χ4v) is 9.12. The minimum Gasteiger partial charge on any atom is -0.299 e. The van der Waals surface area contributed by atoms with Crippen molar-refractivity contribution in [3.63, 3.8) is 0 Å². The van der Waals surface area contributed by atoms with Crippen molar-refractivity contribution in [2.24, 2.45) is 9.98 Å². The average molecular weight is 891 g/mol. The molecule has 1 aliphatic heterocycles. The highest BCUT2D eigenvalue weighted by Gasteiger charge is 2.22. The van der Waals surface area contributed by atoms with Gasteiger partial charge < -0.3 is 0 Å². The second-order valence-corrected chi connectivity index (χ2v) is 16.8. The largest absolute Gasteiger partial charge is 0.299 e. The van der Waals surface area contributed by atoms with Crippen LogP contribution in [0.5, 0.6) is 0 Å². The smallest absolute Gasteiger partial charge is 0.149 e. The molecule has 6 heteroatoms. The van der Waals surface area contributed by atoms with Crippen molar-refractivity contribution in [1.29, 1.82) is 0 Å². The fourth-order valence-electron chi connectivity index (χ4n) is 9.12. The third-order valence-electron chi connectivity index (χ3n) is 12.6. The number of anilines is 1. The first-order valence-corrected chi connectivity index (χ1v) is 23.1. The highest BCUT2D eigenvalue weighted by molar-refractivity contribution is 6.14. The molecule has 0 saturated carbocycles. The van der Waals surface area contributed by atoms with E-state index in [-0.39, 0.29) is 0 Å². The lowest BCUT2D eigenvalue weighted by Gasteiger charge is -2.27. The van der Waals surface area contributed by atoms with E-state index in [1.54, 1.807) is 0 Å². The second kappa shape index (κ2) is 19.1. The molecule has 0 bridgehead atoms. The molecule has 6 nitrogen and oxygen atoms in total. The van der Waals surface area contributed by atoms with E-state index in [4.69, 9.17) is 15.0 Å². The predicted octanol–water partition coefficient (Wildman–Crippen LogP) is 16.5. The number of aliphatic imine (C=N–C) groups is 2. The maximum absolute atomic E-state index is 5.42. The summed E-state index contributed by atoms with van der Waals surface area (Å²) in [6.07, 6.45) is 20.4. The van der Waals surface area contributed by atoms with Crippen LogP contribution in [0.15, 0.2) is 217 Å². The van der Waals surface area contributed by atoms with Crippen LogP contribution < -0.4 is 4.90 Å². The van der Waals surface area contributed by atoms with E-state index in [0.717, 1.165) is 112 Å². The van der Waals surface area contributed by atoms with E-state index in [1.807, 2.05) is 63.3 Å². The van der Waals surface area contributed by atoms with E-state index in [1.165, 1.54) is 10.8 Å². The lowest BCUT2D eigenvalue weighted by atomic mass is 9.97. The van der Waals surface area contributed by atoms with Crippen molar-refractivity contribution in [3.05, 3.63) is 241 Å². The van der Waals surface area contributed by atoms with Crippen molar-refractivity contribution in [2.45, 2.75) is 20.8 Å². The summed E-state index contributed by atoms with van der Waals surface area (Å²) < 4.78 is 2.17. The number of fused-ring (bicyclic) bond motifs is 4. The van der Waals surface area contributed by atoms with Crippen molar-refractivity contribution in [1.82, 2.24) is 14.4 Å². The number of benzene rings is 7. The quantitative estimate of drug-likeness (QED) is 0.122. The van der Waals surface area contributed by atoms with E-state index in [9.17, 15) is 0 Å². The van der Waals surface area contributed by atoms with Crippen LogP contribution in [0.4, 0.5) is 11.4 Å². The molecule has 69 heavy (non-hydrogen) atoms. The van der Waals surface area contributed by atoms with Crippen LogP contribution in [0, 0.1) is 0 Å². The fraction of sp³-hybridized carbons (Fsp3) is 0.0476. The van der Waals surface area contributed by atoms with Gasteiger partial charge in [-0.05, 0) is 150 Å². The molecule has 0 saturated heterocycles. The normalized spacial score (nSPS) is 14.8. The Labute approximate surface area is 403 Å². The topological polar surface area (TPSA) is 58.2 Å². The molecule has 0 atom stereocenters. The van der Waals surface area contributed by atoms with Gasteiger partial charge in [0.25, 0.3) is 0 Å². The van der Waals surface area contributed by atoms with Gasteiger partial charge in [-0.1, -0.05) is 153 Å². The Morgan fingerprint density at radius 2 is 1.26 bits per heavy atom. The Balaban J connectivity index is 1.11. The van der Waals surface area contributed by atoms with Crippen LogP contribution in [0.3, 0.4) is 0 Å². The van der Waals surface area contributed by atoms with Crippen LogP contribution in [-0.4, -0.2) is 26.9 Å². The summed E-state index contributed by atoms with van der Waals surface area (Å²) in [4.78, 5) is 22.6. The van der Waals surface area contributed by atoms with Gasteiger partial charge in [-0.2, -0.15) is 0 Å². The van der Waals surface area contributed by atoms with Gasteiger partial charge in [-0.25, -0.2) is 15.0 Å². The Morgan fingerprint density at radius 3 is 2.03 bits per heavy atom. The van der Waals surface area contributed by atoms with Crippen molar-refractivity contribution in [3.8, 4) is 33.6 Å². The van der Waals surface area contributed by atoms with E-state index in [0.29, 0.717) is 0 Å². The molecule has 0 radical (unpaired) electrons. The third-order valence-corrected chi connectivity index (χ3v) is 12.6. The first kappa shape index (κ1) is 43.9. The molecule has 0 fully saturated rings. The zero-order chi connectivity index (χ0) is 47.4. The number of allylic oxidation sites excluding steroid dienone is 6. The van der Waals surface area contributed by atoms with Gasteiger partial charge in [0.1, 0.15) is 17.3 Å². The number of imidazole rings is 1. The monoisotopic (exact) mass is 890 g/mol. The summed E-state index contributed by atoms with van der Waals surface area (Å²) in [5.41, 5.74) is 16.2. The molecule has 2 aromatic heterocycles. The SMILES string of the molecule is C=Cc1ccc(-c2ccc3nc(-c4cccc(-c5cccc(C6=NC(=C\C)/C=C\C(c7ccc8ccccc8c7)=C/N6c6ccccc6N=C)c5)c4)n4c(/C=C\C)c(C=C)nc4c3c2)cc1/C=C\C. The minimum atomic E-state index is 0.747. The summed E-state index contributed by atoms with van der Waals surface area (Å²) in [6, 6.07) is 53.2. The van der Waals surface area contributed by atoms with Gasteiger partial charge in [-0.3, -0.25) is 14.3 Å². The summed E-state index contributed by atoms with van der Waals surface area (Å²) in [5.74, 6) is 1.53. The maximum atomic E-state index is 5.42. The molecule has 7 aromatic carbocycles. The highest BCUT2D eigenvalue weighted by atomic mass is 15.2. The lowest BCUT2D eigenvalue weighted by molar-refractivity contribution is 1.11. The number of aromatic nitrogens is 3. The first-order chi connectivity index (χ1) is 33.9. The number of hydrogen-bond acceptors (Lipinski definition) is 5. The molecule has 3 heterocycles. The van der Waals surface area contributed by atoms with E-state index < -0.39 is 0 Å². The van der Waals surface area contributed by atoms with E-state index >= 15 is 0 Å². The standard InChI is InChI=1S/C63H50N6/c1-7-18-44-36-48(30-28-42(44)9-3)50-33-35-57-55(40-50)63-66-56(11-5)60(19-8-2)69(63)62(67-57)52-25-17-23-47(39-52)46-22-16-24-51(38-46)61-65-54(10-4)34-32-53(41-68(61)59-27-15-14-26-58(59)64-6)49-31-29-43-20-12-13-21-45(43)37-49/h7-41H,3,5-6H2,1-2,4H3/b18-7-,19-8-,34-32-,53-41+,54-10-,65-61?. The summed E-state index contributed by atoms with van der Waals surface area (Å²) in [5, 5.41) is 3.31. The average Bonchev–Trinajstić information content (AvgIpc) is 3.77. The molecular weight excluding hydrogens is 841 g/mol. The van der Waals surface area contributed by atoms with Crippen LogP contribution in [0.1, 0.15) is 54.4 Å².